The van der Waals surface area contributed by atoms with E-state index in [1.54, 1.807) is 24.3 Å². The number of nitrogens with one attached hydrogen (secondary N) is 3. The molecular weight excluding hydrogens is 398 g/mol. The van der Waals surface area contributed by atoms with Gasteiger partial charge in [0.2, 0.25) is 5.91 Å². The van der Waals surface area contributed by atoms with E-state index in [0.29, 0.717) is 11.3 Å². The second kappa shape index (κ2) is 11.5. The summed E-state index contributed by atoms with van der Waals surface area (Å²) in [5.41, 5.74) is 0.735. The fourth-order valence-corrected chi connectivity index (χ4v) is 4.18. The van der Waals surface area contributed by atoms with Gasteiger partial charge in [0.05, 0.1) is 11.3 Å². The van der Waals surface area contributed by atoms with Gasteiger partial charge in [-0.3, -0.25) is 19.2 Å². The summed E-state index contributed by atoms with van der Waals surface area (Å²) >= 11 is 0. The van der Waals surface area contributed by atoms with E-state index in [0.717, 1.165) is 57.8 Å². The first-order valence-electron chi connectivity index (χ1n) is 11.2. The highest BCUT2D eigenvalue weighted by molar-refractivity contribution is 6.04. The number of para-hydroxylation sites is 1. The predicted octanol–water partition coefficient (Wildman–Crippen LogP) is 2.54. The summed E-state index contributed by atoms with van der Waals surface area (Å²) in [5.74, 6) is -1.63. The third-order valence-electron chi connectivity index (χ3n) is 5.88. The van der Waals surface area contributed by atoms with Crippen LogP contribution in [0.15, 0.2) is 24.3 Å². The Morgan fingerprint density at radius 2 is 1.58 bits per heavy atom. The van der Waals surface area contributed by atoms with Gasteiger partial charge in [-0.25, -0.2) is 0 Å². The molecule has 168 valence electrons. The van der Waals surface area contributed by atoms with Crippen LogP contribution in [-0.4, -0.2) is 42.9 Å². The summed E-state index contributed by atoms with van der Waals surface area (Å²) in [6.07, 6.45) is 9.04. The lowest BCUT2D eigenvalue weighted by molar-refractivity contribution is -0.147. The summed E-state index contributed by atoms with van der Waals surface area (Å²) in [6, 6.07) is 6.89. The molecule has 0 heterocycles. The van der Waals surface area contributed by atoms with Gasteiger partial charge in [-0.1, -0.05) is 44.2 Å². The molecule has 0 spiro atoms. The molecule has 0 saturated heterocycles. The summed E-state index contributed by atoms with van der Waals surface area (Å²) < 4.78 is 4.96. The number of rotatable bonds is 8. The minimum absolute atomic E-state index is 0.0447. The van der Waals surface area contributed by atoms with Gasteiger partial charge in [0.25, 0.3) is 11.8 Å². The Bertz CT molecular complexity index is 798. The molecule has 0 aliphatic heterocycles. The van der Waals surface area contributed by atoms with Crippen molar-refractivity contribution in [3.63, 3.8) is 0 Å². The topological polar surface area (TPSA) is 114 Å². The Balaban J connectivity index is 1.42. The molecular formula is C23H31N3O5. The number of anilines is 1. The van der Waals surface area contributed by atoms with Crippen LogP contribution >= 0.6 is 0 Å². The number of benzene rings is 1. The van der Waals surface area contributed by atoms with E-state index >= 15 is 0 Å². The van der Waals surface area contributed by atoms with Crippen LogP contribution in [0.2, 0.25) is 0 Å². The third kappa shape index (κ3) is 7.08. The first kappa shape index (κ1) is 22.8. The van der Waals surface area contributed by atoms with Gasteiger partial charge in [0.15, 0.2) is 6.61 Å². The van der Waals surface area contributed by atoms with Crippen molar-refractivity contribution < 1.29 is 23.9 Å². The number of ether oxygens (including phenoxy) is 1. The molecule has 8 heteroatoms. The van der Waals surface area contributed by atoms with Crippen LogP contribution in [-0.2, 0) is 19.1 Å². The normalized spacial score (nSPS) is 17.0. The predicted molar refractivity (Wildman–Crippen MR) is 115 cm³/mol. The van der Waals surface area contributed by atoms with Gasteiger partial charge in [-0.15, -0.1) is 0 Å². The Hall–Kier alpha value is -2.90. The van der Waals surface area contributed by atoms with Crippen molar-refractivity contribution in [1.82, 2.24) is 10.6 Å². The minimum Gasteiger partial charge on any atom is -0.454 e. The van der Waals surface area contributed by atoms with E-state index in [1.165, 1.54) is 0 Å². The molecule has 3 N–H and O–H groups in total. The molecule has 0 atom stereocenters. The molecule has 0 unspecified atom stereocenters. The number of hydrogen-bond acceptors (Lipinski definition) is 5. The first-order valence-corrected chi connectivity index (χ1v) is 11.2. The lowest BCUT2D eigenvalue weighted by Gasteiger charge is -2.20. The van der Waals surface area contributed by atoms with E-state index in [-0.39, 0.29) is 30.3 Å². The average Bonchev–Trinajstić information content (AvgIpc) is 3.30. The molecule has 8 nitrogen and oxygen atoms in total. The molecule has 0 aromatic heterocycles. The van der Waals surface area contributed by atoms with Crippen LogP contribution in [0.3, 0.4) is 0 Å². The molecule has 0 radical (unpaired) electrons. The molecule has 2 fully saturated rings. The van der Waals surface area contributed by atoms with Gasteiger partial charge in [-0.2, -0.15) is 0 Å². The Kier molecular flexibility index (Phi) is 8.44. The van der Waals surface area contributed by atoms with Crippen LogP contribution in [0, 0.1) is 5.92 Å². The molecule has 1 aromatic carbocycles. The van der Waals surface area contributed by atoms with E-state index in [1.807, 2.05) is 0 Å². The molecule has 31 heavy (non-hydrogen) atoms. The Morgan fingerprint density at radius 1 is 0.903 bits per heavy atom. The molecule has 2 aliphatic carbocycles. The molecule has 1 aromatic rings. The number of carbonyl (C=O) groups excluding carboxylic acids is 4. The Morgan fingerprint density at radius 3 is 2.32 bits per heavy atom. The zero-order chi connectivity index (χ0) is 22.1. The maximum Gasteiger partial charge on any atom is 0.325 e. The Labute approximate surface area is 182 Å². The van der Waals surface area contributed by atoms with Gasteiger partial charge >= 0.3 is 5.97 Å². The lowest BCUT2D eigenvalue weighted by atomic mass is 9.89. The third-order valence-corrected chi connectivity index (χ3v) is 5.88. The standard InChI is InChI=1S/C23H31N3O5/c27-20(15-31-21(28)14-24-22(29)16-8-2-1-3-9-16)26-19-13-7-6-12-18(19)23(30)25-17-10-4-5-11-17/h6-7,12-13,16-17H,1-5,8-11,14-15H2,(H,24,29)(H,25,30)(H,26,27). The van der Waals surface area contributed by atoms with Crippen LogP contribution < -0.4 is 16.0 Å². The lowest BCUT2D eigenvalue weighted by Crippen LogP contribution is -2.37. The van der Waals surface area contributed by atoms with Crippen molar-refractivity contribution in [3.05, 3.63) is 29.8 Å². The molecule has 0 bridgehead atoms. The maximum atomic E-state index is 12.6. The van der Waals surface area contributed by atoms with E-state index < -0.39 is 18.5 Å². The largest absolute Gasteiger partial charge is 0.454 e. The number of amides is 3. The summed E-state index contributed by atoms with van der Waals surface area (Å²) in [4.78, 5) is 48.7. The first-order chi connectivity index (χ1) is 15.0. The van der Waals surface area contributed by atoms with Crippen molar-refractivity contribution in [1.29, 1.82) is 0 Å². The second-order valence-corrected chi connectivity index (χ2v) is 8.26. The van der Waals surface area contributed by atoms with E-state index in [4.69, 9.17) is 4.74 Å². The fraction of sp³-hybridized carbons (Fsp3) is 0.565. The fourth-order valence-electron chi connectivity index (χ4n) is 4.18. The quantitative estimate of drug-likeness (QED) is 0.550. The van der Waals surface area contributed by atoms with Crippen LogP contribution in [0.5, 0.6) is 0 Å². The zero-order valence-corrected chi connectivity index (χ0v) is 17.8. The van der Waals surface area contributed by atoms with Crippen LogP contribution in [0.1, 0.15) is 68.1 Å². The van der Waals surface area contributed by atoms with E-state index in [2.05, 4.69) is 16.0 Å². The summed E-state index contributed by atoms with van der Waals surface area (Å²) in [5, 5.41) is 8.21. The van der Waals surface area contributed by atoms with Gasteiger partial charge in [-0.05, 0) is 37.8 Å². The zero-order valence-electron chi connectivity index (χ0n) is 17.8. The van der Waals surface area contributed by atoms with Crippen molar-refractivity contribution in [2.75, 3.05) is 18.5 Å². The molecule has 2 saturated carbocycles. The van der Waals surface area contributed by atoms with Gasteiger partial charge < -0.3 is 20.7 Å². The van der Waals surface area contributed by atoms with E-state index in [9.17, 15) is 19.2 Å². The van der Waals surface area contributed by atoms with Crippen LogP contribution in [0.4, 0.5) is 5.69 Å². The monoisotopic (exact) mass is 429 g/mol. The highest BCUT2D eigenvalue weighted by Gasteiger charge is 2.22. The smallest absolute Gasteiger partial charge is 0.325 e. The second-order valence-electron chi connectivity index (χ2n) is 8.26. The summed E-state index contributed by atoms with van der Waals surface area (Å²) in [7, 11) is 0. The van der Waals surface area contributed by atoms with Crippen molar-refractivity contribution >= 4 is 29.4 Å². The number of hydrogen-bond donors (Lipinski definition) is 3. The molecule has 2 aliphatic rings. The van der Waals surface area contributed by atoms with Crippen LogP contribution in [0.25, 0.3) is 0 Å². The average molecular weight is 430 g/mol. The molecule has 3 rings (SSSR count). The minimum atomic E-state index is -0.674. The highest BCUT2D eigenvalue weighted by atomic mass is 16.5. The van der Waals surface area contributed by atoms with Gasteiger partial charge in [0.1, 0.15) is 6.54 Å². The van der Waals surface area contributed by atoms with Crippen molar-refractivity contribution in [3.8, 4) is 0 Å². The van der Waals surface area contributed by atoms with Gasteiger partial charge in [0, 0.05) is 12.0 Å². The number of carbonyl (C=O) groups is 4. The summed E-state index contributed by atoms with van der Waals surface area (Å²) in [6.45, 7) is -0.750. The highest BCUT2D eigenvalue weighted by Crippen LogP contribution is 2.23. The maximum absolute atomic E-state index is 12.6. The number of esters is 1. The molecule has 3 amide bonds. The van der Waals surface area contributed by atoms with Crippen molar-refractivity contribution in [2.24, 2.45) is 5.92 Å². The SMILES string of the molecule is O=C(COC(=O)CNC(=O)C1CCCCC1)Nc1ccccc1C(=O)NC1CCCC1. The van der Waals surface area contributed by atoms with Crippen molar-refractivity contribution in [2.45, 2.75) is 63.8 Å².